The van der Waals surface area contributed by atoms with E-state index in [0.29, 0.717) is 5.69 Å². The van der Waals surface area contributed by atoms with Gasteiger partial charge >= 0.3 is 0 Å². The van der Waals surface area contributed by atoms with Gasteiger partial charge in [0.2, 0.25) is 5.91 Å². The van der Waals surface area contributed by atoms with Gasteiger partial charge in [-0.1, -0.05) is 66.7 Å². The Labute approximate surface area is 162 Å². The van der Waals surface area contributed by atoms with Crippen LogP contribution in [0.1, 0.15) is 16.7 Å². The number of rotatable bonds is 5. The molecule has 0 aromatic heterocycles. The van der Waals surface area contributed by atoms with Crippen LogP contribution in [0.4, 0.5) is 11.4 Å². The number of hydrogen-bond acceptors (Lipinski definition) is 3. The van der Waals surface area contributed by atoms with E-state index in [9.17, 15) is 14.9 Å². The fourth-order valence-corrected chi connectivity index (χ4v) is 3.43. The van der Waals surface area contributed by atoms with Crippen molar-refractivity contribution in [2.24, 2.45) is 5.92 Å². The lowest BCUT2D eigenvalue weighted by Gasteiger charge is -2.09. The normalized spacial score (nSPS) is 13.3. The predicted octanol–water partition coefficient (Wildman–Crippen LogP) is 5.08. The summed E-state index contributed by atoms with van der Waals surface area (Å²) in [6.07, 6.45) is 0. The maximum absolute atomic E-state index is 13.1. The molecule has 0 heterocycles. The van der Waals surface area contributed by atoms with E-state index >= 15 is 0 Å². The third kappa shape index (κ3) is 3.30. The molecule has 0 radical (unpaired) electrons. The minimum atomic E-state index is -0.463. The summed E-state index contributed by atoms with van der Waals surface area (Å²) in [6, 6.07) is 24.1. The van der Waals surface area contributed by atoms with E-state index in [1.807, 2.05) is 67.6 Å². The number of nitro groups is 1. The number of nitro benzene ring substituents is 1. The number of nitrogens with zero attached hydrogens (tertiary/aromatic N) is 1. The Kier molecular flexibility index (Phi) is 4.49. The number of benzene rings is 3. The molecular formula is C23H18N2O3. The molecule has 0 unspecified atom stereocenters. The van der Waals surface area contributed by atoms with Gasteiger partial charge in [0, 0.05) is 12.1 Å². The van der Waals surface area contributed by atoms with Crippen molar-refractivity contribution in [1.82, 2.24) is 0 Å². The van der Waals surface area contributed by atoms with Gasteiger partial charge < -0.3 is 5.32 Å². The smallest absolute Gasteiger partial charge is 0.271 e. The molecule has 1 aliphatic rings. The van der Waals surface area contributed by atoms with Crippen molar-refractivity contribution in [3.8, 4) is 0 Å². The van der Waals surface area contributed by atoms with Crippen molar-refractivity contribution >= 4 is 28.4 Å². The molecule has 0 saturated heterocycles. The summed E-state index contributed by atoms with van der Waals surface area (Å²) in [6.45, 7) is 1.82. The van der Waals surface area contributed by atoms with Crippen LogP contribution in [0.25, 0.3) is 11.1 Å². The molecular weight excluding hydrogens is 352 g/mol. The van der Waals surface area contributed by atoms with Crippen molar-refractivity contribution in [2.75, 3.05) is 5.32 Å². The Morgan fingerprint density at radius 1 is 0.893 bits per heavy atom. The summed E-state index contributed by atoms with van der Waals surface area (Å²) >= 11 is 0. The first-order valence-corrected chi connectivity index (χ1v) is 8.97. The van der Waals surface area contributed by atoms with Gasteiger partial charge in [-0.2, -0.15) is 0 Å². The van der Waals surface area contributed by atoms with Crippen LogP contribution in [0, 0.1) is 23.0 Å². The zero-order valence-corrected chi connectivity index (χ0v) is 15.3. The number of non-ortho nitro benzene ring substituents is 1. The second-order valence-electron chi connectivity index (χ2n) is 6.74. The van der Waals surface area contributed by atoms with Crippen LogP contribution in [0.15, 0.2) is 78.9 Å². The molecule has 0 atom stereocenters. The number of amides is 1. The van der Waals surface area contributed by atoms with E-state index in [1.54, 1.807) is 6.07 Å². The van der Waals surface area contributed by atoms with Crippen LogP contribution in [0.2, 0.25) is 0 Å². The Bertz CT molecular complexity index is 1040. The third-order valence-electron chi connectivity index (χ3n) is 4.91. The average Bonchev–Trinajstić information content (AvgIpc) is 3.47. The van der Waals surface area contributed by atoms with Crippen molar-refractivity contribution in [3.63, 3.8) is 0 Å². The molecule has 1 amide bonds. The Morgan fingerprint density at radius 3 is 1.93 bits per heavy atom. The molecule has 5 heteroatoms. The number of carbonyl (C=O) groups excluding carboxylic acids is 1. The maximum Gasteiger partial charge on any atom is 0.271 e. The highest BCUT2D eigenvalue weighted by Gasteiger charge is 2.43. The van der Waals surface area contributed by atoms with Crippen molar-refractivity contribution in [2.45, 2.75) is 6.92 Å². The van der Waals surface area contributed by atoms with Crippen LogP contribution in [-0.2, 0) is 4.79 Å². The van der Waals surface area contributed by atoms with Crippen molar-refractivity contribution in [1.29, 1.82) is 0 Å². The minimum absolute atomic E-state index is 0.0452. The van der Waals surface area contributed by atoms with Crippen LogP contribution in [0.5, 0.6) is 0 Å². The van der Waals surface area contributed by atoms with Gasteiger partial charge in [0.1, 0.15) is 0 Å². The van der Waals surface area contributed by atoms with Crippen molar-refractivity contribution in [3.05, 3.63) is 106 Å². The summed E-state index contributed by atoms with van der Waals surface area (Å²) < 4.78 is 0. The SMILES string of the molecule is Cc1ccc([N+](=O)[O-])cc1NC(=O)C1C(c2ccccc2)=C1c1ccccc1. The van der Waals surface area contributed by atoms with Crippen LogP contribution >= 0.6 is 0 Å². The predicted molar refractivity (Wildman–Crippen MR) is 110 cm³/mol. The summed E-state index contributed by atoms with van der Waals surface area (Å²) in [5.74, 6) is -0.551. The molecule has 1 aliphatic carbocycles. The van der Waals surface area contributed by atoms with Crippen LogP contribution in [-0.4, -0.2) is 10.8 Å². The van der Waals surface area contributed by atoms with Gasteiger partial charge in [-0.05, 0) is 34.8 Å². The van der Waals surface area contributed by atoms with Crippen LogP contribution < -0.4 is 5.32 Å². The fourth-order valence-electron chi connectivity index (χ4n) is 3.43. The first kappa shape index (κ1) is 17.7. The van der Waals surface area contributed by atoms with E-state index in [4.69, 9.17) is 0 Å². The number of hydrogen-bond donors (Lipinski definition) is 1. The summed E-state index contributed by atoms with van der Waals surface area (Å²) in [5, 5.41) is 13.9. The van der Waals surface area contributed by atoms with Gasteiger partial charge in [-0.25, -0.2) is 0 Å². The zero-order chi connectivity index (χ0) is 19.7. The quantitative estimate of drug-likeness (QED) is 0.503. The molecule has 28 heavy (non-hydrogen) atoms. The van der Waals surface area contributed by atoms with E-state index in [-0.39, 0.29) is 17.5 Å². The molecule has 3 aromatic carbocycles. The van der Waals surface area contributed by atoms with Crippen molar-refractivity contribution < 1.29 is 9.72 Å². The molecule has 0 aliphatic heterocycles. The van der Waals surface area contributed by atoms with Gasteiger partial charge in [0.15, 0.2) is 0 Å². The first-order valence-electron chi connectivity index (χ1n) is 8.97. The minimum Gasteiger partial charge on any atom is -0.325 e. The van der Waals surface area contributed by atoms with E-state index in [2.05, 4.69) is 5.32 Å². The second-order valence-corrected chi connectivity index (χ2v) is 6.74. The number of carbonyl (C=O) groups is 1. The first-order chi connectivity index (χ1) is 13.6. The zero-order valence-electron chi connectivity index (χ0n) is 15.3. The molecule has 138 valence electrons. The monoisotopic (exact) mass is 370 g/mol. The van der Waals surface area contributed by atoms with E-state index < -0.39 is 4.92 Å². The van der Waals surface area contributed by atoms with E-state index in [0.717, 1.165) is 27.8 Å². The third-order valence-corrected chi connectivity index (χ3v) is 4.91. The maximum atomic E-state index is 13.1. The highest BCUT2D eigenvalue weighted by molar-refractivity contribution is 6.26. The summed E-state index contributed by atoms with van der Waals surface area (Å²) in [4.78, 5) is 23.6. The highest BCUT2D eigenvalue weighted by Crippen LogP contribution is 2.53. The van der Waals surface area contributed by atoms with Crippen LogP contribution in [0.3, 0.4) is 0 Å². The average molecular weight is 370 g/mol. The van der Waals surface area contributed by atoms with Gasteiger partial charge in [-0.15, -0.1) is 0 Å². The van der Waals surface area contributed by atoms with E-state index in [1.165, 1.54) is 12.1 Å². The lowest BCUT2D eigenvalue weighted by atomic mass is 10.1. The molecule has 0 saturated carbocycles. The summed E-state index contributed by atoms with van der Waals surface area (Å²) in [7, 11) is 0. The van der Waals surface area contributed by atoms with Gasteiger partial charge in [0.05, 0.1) is 16.5 Å². The standard InChI is InChI=1S/C23H18N2O3/c1-15-12-13-18(25(27)28)14-19(15)24-23(26)22-20(16-8-4-2-5-9-16)21(22)17-10-6-3-7-11-17/h2-14,22H,1H3,(H,24,26). The molecule has 4 rings (SSSR count). The topological polar surface area (TPSA) is 72.2 Å². The molecule has 0 spiro atoms. The Hall–Kier alpha value is -3.73. The fraction of sp³-hybridized carbons (Fsp3) is 0.0870. The molecule has 3 aromatic rings. The van der Waals surface area contributed by atoms with Gasteiger partial charge in [-0.3, -0.25) is 14.9 Å². The largest absolute Gasteiger partial charge is 0.325 e. The Balaban J connectivity index is 1.65. The number of anilines is 1. The number of nitrogens with one attached hydrogen (secondary N) is 1. The molecule has 1 N–H and O–H groups in total. The number of aryl methyl sites for hydroxylation is 1. The molecule has 0 fully saturated rings. The molecule has 0 bridgehead atoms. The highest BCUT2D eigenvalue weighted by atomic mass is 16.6. The lowest BCUT2D eigenvalue weighted by Crippen LogP contribution is -2.17. The Morgan fingerprint density at radius 2 is 1.43 bits per heavy atom. The molecule has 5 nitrogen and oxygen atoms in total. The lowest BCUT2D eigenvalue weighted by molar-refractivity contribution is -0.384. The second kappa shape index (κ2) is 7.12. The summed E-state index contributed by atoms with van der Waals surface area (Å²) in [5.41, 5.74) is 5.21. The van der Waals surface area contributed by atoms with Gasteiger partial charge in [0.25, 0.3) is 5.69 Å².